The van der Waals surface area contributed by atoms with E-state index in [2.05, 4.69) is 10.2 Å². The van der Waals surface area contributed by atoms with Crippen LogP contribution < -0.4 is 11.1 Å². The lowest BCUT2D eigenvalue weighted by Crippen LogP contribution is -2.42. The summed E-state index contributed by atoms with van der Waals surface area (Å²) in [5.74, 6) is 0.433. The number of nitrogens with zero attached hydrogens (tertiary/aromatic N) is 1. The molecule has 1 unspecified atom stereocenters. The Balaban J connectivity index is 0.00000196. The smallest absolute Gasteiger partial charge is 0.352 e. The van der Waals surface area contributed by atoms with Crippen LogP contribution in [0.4, 0.5) is 13.2 Å². The molecule has 2 aliphatic rings. The fourth-order valence-corrected chi connectivity index (χ4v) is 4.12. The predicted octanol–water partition coefficient (Wildman–Crippen LogP) is 3.61. The number of likely N-dealkylation sites (tertiary alicyclic amines) is 1. The molecule has 0 aromatic heterocycles. The van der Waals surface area contributed by atoms with Crippen molar-refractivity contribution >= 4 is 30.7 Å². The molecule has 2 fully saturated rings. The minimum absolute atomic E-state index is 0. The Morgan fingerprint density at radius 2 is 1.82 bits per heavy atom. The number of alkyl halides is 3. The van der Waals surface area contributed by atoms with Gasteiger partial charge in [0.05, 0.1) is 5.56 Å². The zero-order chi connectivity index (χ0) is 18.7. The van der Waals surface area contributed by atoms with Crippen LogP contribution in [0.25, 0.3) is 0 Å². The van der Waals surface area contributed by atoms with Gasteiger partial charge in [0.25, 0.3) is 0 Å². The molecule has 4 nitrogen and oxygen atoms in total. The second kappa shape index (κ2) is 10.7. The standard InChI is InChI=1S/C19H26F3N3O.2ClH/c20-19(21,22)15-6-4-13(5-7-15)11-25-9-8-16(12-25)24-18(26)17-3-1-2-14(17)10-23;;/h4-7,14,16-17H,1-3,8-12,23H2,(H,24,26);2*1H/t14-,16?,17-;;/m1../s1. The Kier molecular flexibility index (Phi) is 9.53. The average molecular weight is 442 g/mol. The van der Waals surface area contributed by atoms with Crippen LogP contribution >= 0.6 is 24.8 Å². The summed E-state index contributed by atoms with van der Waals surface area (Å²) in [6, 6.07) is 5.41. The van der Waals surface area contributed by atoms with Gasteiger partial charge in [-0.05, 0) is 49.4 Å². The van der Waals surface area contributed by atoms with Crippen LogP contribution in [-0.2, 0) is 17.5 Å². The summed E-state index contributed by atoms with van der Waals surface area (Å²) in [7, 11) is 0. The van der Waals surface area contributed by atoms with Crippen LogP contribution in [0.1, 0.15) is 36.8 Å². The molecule has 1 aromatic rings. The van der Waals surface area contributed by atoms with Crippen molar-refractivity contribution in [2.45, 2.75) is 44.4 Å². The third kappa shape index (κ3) is 6.24. The summed E-state index contributed by atoms with van der Waals surface area (Å²) in [6.07, 6.45) is -0.435. The number of benzene rings is 1. The summed E-state index contributed by atoms with van der Waals surface area (Å²) < 4.78 is 37.9. The van der Waals surface area contributed by atoms with Crippen molar-refractivity contribution in [1.82, 2.24) is 10.2 Å². The highest BCUT2D eigenvalue weighted by Gasteiger charge is 2.34. The van der Waals surface area contributed by atoms with Crippen LogP contribution in [0.2, 0.25) is 0 Å². The van der Waals surface area contributed by atoms with Gasteiger partial charge in [-0.25, -0.2) is 0 Å². The quantitative estimate of drug-likeness (QED) is 0.733. The molecule has 0 bridgehead atoms. The molecule has 160 valence electrons. The third-order valence-electron chi connectivity index (χ3n) is 5.60. The van der Waals surface area contributed by atoms with Crippen molar-refractivity contribution in [1.29, 1.82) is 0 Å². The molecule has 9 heteroatoms. The number of nitrogens with one attached hydrogen (secondary N) is 1. The fourth-order valence-electron chi connectivity index (χ4n) is 4.12. The maximum absolute atomic E-state index is 12.6. The molecule has 0 spiro atoms. The maximum Gasteiger partial charge on any atom is 0.416 e. The molecule has 3 N–H and O–H groups in total. The predicted molar refractivity (Wildman–Crippen MR) is 108 cm³/mol. The summed E-state index contributed by atoms with van der Waals surface area (Å²) >= 11 is 0. The van der Waals surface area contributed by atoms with Crippen LogP contribution in [0, 0.1) is 11.8 Å². The first-order valence-electron chi connectivity index (χ1n) is 9.25. The SMILES string of the molecule is Cl.Cl.NC[C@H]1CCC[C@H]1C(=O)NC1CCN(Cc2ccc(C(F)(F)F)cc2)C1. The van der Waals surface area contributed by atoms with Gasteiger partial charge in [0.1, 0.15) is 0 Å². The molecule has 3 atom stereocenters. The van der Waals surface area contributed by atoms with Crippen molar-refractivity contribution in [3.8, 4) is 0 Å². The van der Waals surface area contributed by atoms with Gasteiger partial charge in [-0.1, -0.05) is 18.6 Å². The molecule has 1 saturated carbocycles. The van der Waals surface area contributed by atoms with Crippen molar-refractivity contribution < 1.29 is 18.0 Å². The van der Waals surface area contributed by atoms with Crippen molar-refractivity contribution in [2.24, 2.45) is 17.6 Å². The van der Waals surface area contributed by atoms with Crippen LogP contribution in [0.15, 0.2) is 24.3 Å². The summed E-state index contributed by atoms with van der Waals surface area (Å²) in [5, 5.41) is 3.14. The Bertz CT molecular complexity index is 628. The van der Waals surface area contributed by atoms with E-state index in [0.29, 0.717) is 19.0 Å². The highest BCUT2D eigenvalue weighted by molar-refractivity contribution is 5.85. The van der Waals surface area contributed by atoms with E-state index in [1.807, 2.05) is 0 Å². The van der Waals surface area contributed by atoms with E-state index in [-0.39, 0.29) is 42.7 Å². The number of carbonyl (C=O) groups is 1. The highest BCUT2D eigenvalue weighted by Crippen LogP contribution is 2.31. The molecule has 1 amide bonds. The number of amides is 1. The van der Waals surface area contributed by atoms with E-state index >= 15 is 0 Å². The number of carbonyl (C=O) groups excluding carboxylic acids is 1. The van der Waals surface area contributed by atoms with E-state index in [1.165, 1.54) is 12.1 Å². The van der Waals surface area contributed by atoms with E-state index in [0.717, 1.165) is 56.5 Å². The van der Waals surface area contributed by atoms with Crippen LogP contribution in [0.3, 0.4) is 0 Å². The molecule has 1 saturated heterocycles. The Morgan fingerprint density at radius 1 is 1.14 bits per heavy atom. The van der Waals surface area contributed by atoms with Gasteiger partial charge in [-0.15, -0.1) is 24.8 Å². The van der Waals surface area contributed by atoms with E-state index < -0.39 is 11.7 Å². The lowest BCUT2D eigenvalue weighted by atomic mass is 9.95. The van der Waals surface area contributed by atoms with Gasteiger partial charge < -0.3 is 11.1 Å². The molecule has 3 rings (SSSR count). The first kappa shape index (κ1) is 25.0. The highest BCUT2D eigenvalue weighted by atomic mass is 35.5. The van der Waals surface area contributed by atoms with Gasteiger partial charge >= 0.3 is 6.18 Å². The monoisotopic (exact) mass is 441 g/mol. The average Bonchev–Trinajstić information content (AvgIpc) is 3.23. The summed E-state index contributed by atoms with van der Waals surface area (Å²) in [5.41, 5.74) is 5.98. The minimum Gasteiger partial charge on any atom is -0.352 e. The largest absolute Gasteiger partial charge is 0.416 e. The van der Waals surface area contributed by atoms with Gasteiger partial charge in [0.2, 0.25) is 5.91 Å². The lowest BCUT2D eigenvalue weighted by molar-refractivity contribution is -0.137. The molecule has 28 heavy (non-hydrogen) atoms. The van der Waals surface area contributed by atoms with Gasteiger partial charge in [0.15, 0.2) is 0 Å². The molecule has 1 aliphatic heterocycles. The van der Waals surface area contributed by atoms with Crippen LogP contribution in [0.5, 0.6) is 0 Å². The minimum atomic E-state index is -4.30. The Hall–Kier alpha value is -1.02. The van der Waals surface area contributed by atoms with Crippen LogP contribution in [-0.4, -0.2) is 36.5 Å². The summed E-state index contributed by atoms with van der Waals surface area (Å²) in [6.45, 7) is 2.71. The van der Waals surface area contributed by atoms with Crippen molar-refractivity contribution in [3.05, 3.63) is 35.4 Å². The molecule has 1 aromatic carbocycles. The van der Waals surface area contributed by atoms with Gasteiger partial charge in [0, 0.05) is 31.6 Å². The lowest BCUT2D eigenvalue weighted by Gasteiger charge is -2.21. The van der Waals surface area contributed by atoms with E-state index in [1.54, 1.807) is 0 Å². The van der Waals surface area contributed by atoms with E-state index in [4.69, 9.17) is 5.73 Å². The number of hydrogen-bond acceptors (Lipinski definition) is 3. The van der Waals surface area contributed by atoms with Crippen molar-refractivity contribution in [2.75, 3.05) is 19.6 Å². The molecular formula is C19H28Cl2F3N3O. The number of nitrogens with two attached hydrogens (primary N) is 1. The zero-order valence-electron chi connectivity index (χ0n) is 15.6. The van der Waals surface area contributed by atoms with E-state index in [9.17, 15) is 18.0 Å². The normalized spacial score (nSPS) is 25.1. The summed E-state index contributed by atoms with van der Waals surface area (Å²) in [4.78, 5) is 14.6. The zero-order valence-corrected chi connectivity index (χ0v) is 17.2. The Labute approximate surface area is 176 Å². The number of halogens is 5. The molecule has 1 aliphatic carbocycles. The number of hydrogen-bond donors (Lipinski definition) is 2. The third-order valence-corrected chi connectivity index (χ3v) is 5.60. The molecular weight excluding hydrogens is 414 g/mol. The second-order valence-corrected chi connectivity index (χ2v) is 7.46. The van der Waals surface area contributed by atoms with Crippen molar-refractivity contribution in [3.63, 3.8) is 0 Å². The Morgan fingerprint density at radius 3 is 2.43 bits per heavy atom. The number of rotatable bonds is 5. The second-order valence-electron chi connectivity index (χ2n) is 7.46. The van der Waals surface area contributed by atoms with Gasteiger partial charge in [-0.3, -0.25) is 9.69 Å². The first-order chi connectivity index (χ1) is 12.4. The molecule has 0 radical (unpaired) electrons. The topological polar surface area (TPSA) is 58.4 Å². The first-order valence-corrected chi connectivity index (χ1v) is 9.25. The maximum atomic E-state index is 12.6. The fraction of sp³-hybridized carbons (Fsp3) is 0.632. The molecule has 1 heterocycles. The van der Waals surface area contributed by atoms with Gasteiger partial charge in [-0.2, -0.15) is 13.2 Å².